The molecule has 0 saturated heterocycles. The number of carbonyl (C=O) groups is 2. The summed E-state index contributed by atoms with van der Waals surface area (Å²) in [6.07, 6.45) is 0. The molecule has 0 bridgehead atoms. The lowest BCUT2D eigenvalue weighted by Crippen LogP contribution is -2.29. The molecule has 21 heavy (non-hydrogen) atoms. The molecule has 3 rings (SSSR count). The molecule has 1 aliphatic rings. The number of amides is 1. The van der Waals surface area contributed by atoms with Crippen LogP contribution in [-0.2, 0) is 11.3 Å². The minimum absolute atomic E-state index is 0.129. The normalized spacial score (nSPS) is 13.8. The van der Waals surface area contributed by atoms with Crippen LogP contribution in [0.5, 0.6) is 0 Å². The van der Waals surface area contributed by atoms with E-state index in [1.807, 2.05) is 0 Å². The van der Waals surface area contributed by atoms with Crippen molar-refractivity contribution >= 4 is 29.0 Å². The van der Waals surface area contributed by atoms with E-state index in [0.717, 1.165) is 23.1 Å². The maximum atomic E-state index is 13.2. The summed E-state index contributed by atoms with van der Waals surface area (Å²) in [5.74, 6) is -2.93. The Bertz CT molecular complexity index is 756. The van der Waals surface area contributed by atoms with Crippen molar-refractivity contribution in [2.45, 2.75) is 6.54 Å². The second-order valence-electron chi connectivity index (χ2n) is 4.63. The van der Waals surface area contributed by atoms with Crippen molar-refractivity contribution in [2.24, 2.45) is 0 Å². The van der Waals surface area contributed by atoms with Crippen LogP contribution in [0.25, 0.3) is 0 Å². The number of Topliss-reactive ketones (excluding diaryl/α,β-unsaturated/α-hetero) is 1. The number of ketones is 1. The fourth-order valence-corrected chi connectivity index (χ4v) is 2.62. The zero-order valence-corrected chi connectivity index (χ0v) is 11.3. The van der Waals surface area contributed by atoms with Gasteiger partial charge in [-0.2, -0.15) is 0 Å². The van der Waals surface area contributed by atoms with Crippen molar-refractivity contribution in [1.29, 1.82) is 0 Å². The van der Waals surface area contributed by atoms with Crippen molar-refractivity contribution in [3.05, 3.63) is 64.2 Å². The fourth-order valence-electron chi connectivity index (χ4n) is 2.35. The summed E-state index contributed by atoms with van der Waals surface area (Å²) in [6.45, 7) is -0.129. The van der Waals surface area contributed by atoms with Gasteiger partial charge in [0.1, 0.15) is 11.6 Å². The second-order valence-corrected chi connectivity index (χ2v) is 5.04. The van der Waals surface area contributed by atoms with Gasteiger partial charge in [0.25, 0.3) is 11.7 Å². The van der Waals surface area contributed by atoms with E-state index in [1.165, 1.54) is 6.07 Å². The number of anilines is 1. The van der Waals surface area contributed by atoms with Gasteiger partial charge in [-0.1, -0.05) is 17.7 Å². The third kappa shape index (κ3) is 2.29. The van der Waals surface area contributed by atoms with Crippen LogP contribution < -0.4 is 4.90 Å². The molecule has 0 radical (unpaired) electrons. The van der Waals surface area contributed by atoms with Crippen LogP contribution in [0.4, 0.5) is 14.5 Å². The first kappa shape index (κ1) is 13.7. The van der Waals surface area contributed by atoms with Gasteiger partial charge in [0.2, 0.25) is 0 Å². The average molecular weight is 308 g/mol. The molecule has 0 fully saturated rings. The van der Waals surface area contributed by atoms with Crippen LogP contribution in [0.1, 0.15) is 15.9 Å². The molecule has 0 unspecified atom stereocenters. The first-order chi connectivity index (χ1) is 9.97. The summed E-state index contributed by atoms with van der Waals surface area (Å²) in [5.41, 5.74) is 0.713. The highest BCUT2D eigenvalue weighted by molar-refractivity contribution is 6.54. The molecule has 0 aromatic heterocycles. The lowest BCUT2D eigenvalue weighted by molar-refractivity contribution is -0.114. The number of benzene rings is 2. The van der Waals surface area contributed by atoms with Crippen LogP contribution in [-0.4, -0.2) is 11.7 Å². The lowest BCUT2D eigenvalue weighted by atomic mass is 10.1. The molecule has 1 amide bonds. The van der Waals surface area contributed by atoms with Crippen molar-refractivity contribution in [1.82, 2.24) is 0 Å². The Morgan fingerprint density at radius 2 is 1.71 bits per heavy atom. The van der Waals surface area contributed by atoms with Gasteiger partial charge in [0.15, 0.2) is 0 Å². The zero-order chi connectivity index (χ0) is 15.1. The highest BCUT2D eigenvalue weighted by atomic mass is 35.5. The summed E-state index contributed by atoms with van der Waals surface area (Å²) in [4.78, 5) is 25.0. The molecule has 0 spiro atoms. The van der Waals surface area contributed by atoms with E-state index < -0.39 is 23.3 Å². The molecule has 1 heterocycles. The van der Waals surface area contributed by atoms with Crippen molar-refractivity contribution in [2.75, 3.05) is 4.90 Å². The van der Waals surface area contributed by atoms with Gasteiger partial charge in [0.05, 0.1) is 22.8 Å². The summed E-state index contributed by atoms with van der Waals surface area (Å²) in [6, 6.07) is 7.56. The first-order valence-corrected chi connectivity index (χ1v) is 6.45. The number of rotatable bonds is 2. The average Bonchev–Trinajstić information content (AvgIpc) is 2.64. The fraction of sp³-hybridized carbons (Fsp3) is 0.0667. The van der Waals surface area contributed by atoms with Gasteiger partial charge in [-0.25, -0.2) is 8.78 Å². The van der Waals surface area contributed by atoms with E-state index in [0.29, 0.717) is 0 Å². The van der Waals surface area contributed by atoms with E-state index in [1.54, 1.807) is 12.1 Å². The quantitative estimate of drug-likeness (QED) is 0.798. The van der Waals surface area contributed by atoms with E-state index in [4.69, 9.17) is 11.6 Å². The van der Waals surface area contributed by atoms with Crippen LogP contribution in [0, 0.1) is 11.6 Å². The van der Waals surface area contributed by atoms with Gasteiger partial charge in [0, 0.05) is 6.07 Å². The smallest absolute Gasteiger partial charge is 0.299 e. The Hall–Kier alpha value is -2.27. The molecule has 0 N–H and O–H groups in total. The first-order valence-electron chi connectivity index (χ1n) is 6.07. The number of carbonyl (C=O) groups excluding carboxylic acids is 2. The number of halogens is 3. The molecule has 0 saturated carbocycles. The van der Waals surface area contributed by atoms with Crippen molar-refractivity contribution in [3.63, 3.8) is 0 Å². The third-order valence-corrected chi connectivity index (χ3v) is 3.51. The van der Waals surface area contributed by atoms with Crippen molar-refractivity contribution in [3.8, 4) is 0 Å². The molecule has 2 aromatic rings. The summed E-state index contributed by atoms with van der Waals surface area (Å²) >= 11 is 6.03. The van der Waals surface area contributed by atoms with E-state index >= 15 is 0 Å². The largest absolute Gasteiger partial charge is 0.299 e. The number of hydrogen-bond acceptors (Lipinski definition) is 2. The van der Waals surface area contributed by atoms with Crippen LogP contribution >= 0.6 is 11.6 Å². The minimum atomic E-state index is -0.761. The predicted octanol–water partition coefficient (Wildman–Crippen LogP) is 3.35. The number of para-hydroxylation sites is 1. The summed E-state index contributed by atoms with van der Waals surface area (Å²) < 4.78 is 26.4. The van der Waals surface area contributed by atoms with E-state index in [9.17, 15) is 18.4 Å². The SMILES string of the molecule is O=C1C(=O)N(Cc2cc(F)cc(F)c2)c2c(Cl)cccc21. The van der Waals surface area contributed by atoms with Gasteiger partial charge >= 0.3 is 0 Å². The Morgan fingerprint density at radius 3 is 2.38 bits per heavy atom. The Balaban J connectivity index is 2.04. The predicted molar refractivity (Wildman–Crippen MR) is 73.3 cm³/mol. The van der Waals surface area contributed by atoms with E-state index in [-0.39, 0.29) is 28.4 Å². The van der Waals surface area contributed by atoms with E-state index in [2.05, 4.69) is 0 Å². The molecule has 6 heteroatoms. The number of hydrogen-bond donors (Lipinski definition) is 0. The molecule has 0 aliphatic carbocycles. The minimum Gasteiger partial charge on any atom is -0.299 e. The number of nitrogens with zero attached hydrogens (tertiary/aromatic N) is 1. The molecule has 3 nitrogen and oxygen atoms in total. The molecule has 106 valence electrons. The second kappa shape index (κ2) is 4.93. The Morgan fingerprint density at radius 1 is 1.05 bits per heavy atom. The van der Waals surface area contributed by atoms with Gasteiger partial charge in [-0.15, -0.1) is 0 Å². The Labute approximate surface area is 123 Å². The molecular formula is C15H8ClF2NO2. The molecular weight excluding hydrogens is 300 g/mol. The molecule has 2 aromatic carbocycles. The van der Waals surface area contributed by atoms with Crippen LogP contribution in [0.3, 0.4) is 0 Å². The van der Waals surface area contributed by atoms with Gasteiger partial charge in [-0.3, -0.25) is 14.5 Å². The highest BCUT2D eigenvalue weighted by Gasteiger charge is 2.37. The van der Waals surface area contributed by atoms with Crippen LogP contribution in [0.15, 0.2) is 36.4 Å². The standard InChI is InChI=1S/C15H8ClF2NO2/c16-12-3-1-2-11-13(12)19(15(21)14(11)20)7-8-4-9(17)6-10(18)5-8/h1-6H,7H2. The summed E-state index contributed by atoms with van der Waals surface area (Å²) in [7, 11) is 0. The molecule has 1 aliphatic heterocycles. The van der Waals surface area contributed by atoms with Gasteiger partial charge < -0.3 is 0 Å². The topological polar surface area (TPSA) is 37.4 Å². The molecule has 0 atom stereocenters. The zero-order valence-electron chi connectivity index (χ0n) is 10.6. The Kier molecular flexibility index (Phi) is 3.22. The summed E-state index contributed by atoms with van der Waals surface area (Å²) in [5, 5.41) is 0.239. The maximum Gasteiger partial charge on any atom is 0.299 e. The van der Waals surface area contributed by atoms with Crippen molar-refractivity contribution < 1.29 is 18.4 Å². The number of fused-ring (bicyclic) bond motifs is 1. The van der Waals surface area contributed by atoms with Crippen LogP contribution in [0.2, 0.25) is 5.02 Å². The monoisotopic (exact) mass is 307 g/mol. The maximum absolute atomic E-state index is 13.2. The lowest BCUT2D eigenvalue weighted by Gasteiger charge is -2.17. The highest BCUT2D eigenvalue weighted by Crippen LogP contribution is 2.36. The van der Waals surface area contributed by atoms with Gasteiger partial charge in [-0.05, 0) is 29.8 Å². The third-order valence-electron chi connectivity index (χ3n) is 3.20.